The number of carbonyl (C=O) groups excluding carboxylic acids is 1. The van der Waals surface area contributed by atoms with Gasteiger partial charge in [0.15, 0.2) is 0 Å². The van der Waals surface area contributed by atoms with E-state index in [1.54, 1.807) is 6.20 Å². The summed E-state index contributed by atoms with van der Waals surface area (Å²) < 4.78 is 0. The second kappa shape index (κ2) is 6.02. The lowest BCUT2D eigenvalue weighted by Crippen LogP contribution is -2.44. The predicted octanol–water partition coefficient (Wildman–Crippen LogP) is 1.75. The summed E-state index contributed by atoms with van der Waals surface area (Å²) in [5.74, 6) is 0.778. The lowest BCUT2D eigenvalue weighted by Gasteiger charge is -2.40. The highest BCUT2D eigenvalue weighted by molar-refractivity contribution is 5.91. The summed E-state index contributed by atoms with van der Waals surface area (Å²) in [6.45, 7) is 4.46. The molecule has 104 valence electrons. The number of aromatic nitrogens is 1. The topological polar surface area (TPSA) is 71.2 Å². The molecule has 0 aromatic carbocycles. The summed E-state index contributed by atoms with van der Waals surface area (Å²) in [7, 11) is 0. The number of nitrogens with two attached hydrogens (primary N) is 1. The summed E-state index contributed by atoms with van der Waals surface area (Å²) in [6, 6.07) is 4.87. The third-order valence-corrected chi connectivity index (χ3v) is 3.68. The Labute approximate surface area is 114 Å². The van der Waals surface area contributed by atoms with Crippen molar-refractivity contribution in [2.75, 3.05) is 16.8 Å². The minimum atomic E-state index is -0.200. The van der Waals surface area contributed by atoms with Gasteiger partial charge < -0.3 is 16.0 Å². The van der Waals surface area contributed by atoms with E-state index in [4.69, 9.17) is 5.73 Å². The molecule has 0 saturated carbocycles. The first-order valence-corrected chi connectivity index (χ1v) is 6.86. The first-order chi connectivity index (χ1) is 9.11. The van der Waals surface area contributed by atoms with Crippen LogP contribution in [0.3, 0.4) is 0 Å². The zero-order valence-corrected chi connectivity index (χ0v) is 11.6. The summed E-state index contributed by atoms with van der Waals surface area (Å²) >= 11 is 0. The van der Waals surface area contributed by atoms with Crippen LogP contribution in [0, 0.1) is 0 Å². The van der Waals surface area contributed by atoms with Crippen molar-refractivity contribution in [1.82, 2.24) is 4.98 Å². The molecule has 1 amide bonds. The maximum Gasteiger partial charge on any atom is 0.238 e. The minimum absolute atomic E-state index is 0.0120. The first kappa shape index (κ1) is 13.8. The van der Waals surface area contributed by atoms with Crippen molar-refractivity contribution >= 4 is 17.4 Å². The van der Waals surface area contributed by atoms with Gasteiger partial charge in [0.1, 0.15) is 5.82 Å². The van der Waals surface area contributed by atoms with Gasteiger partial charge in [0.25, 0.3) is 0 Å². The number of hydrogen-bond acceptors (Lipinski definition) is 4. The van der Waals surface area contributed by atoms with Crippen molar-refractivity contribution in [2.45, 2.75) is 45.2 Å². The minimum Gasteiger partial charge on any atom is -0.351 e. The monoisotopic (exact) mass is 262 g/mol. The molecule has 1 aromatic rings. The molecule has 2 heterocycles. The van der Waals surface area contributed by atoms with Crippen molar-refractivity contribution < 1.29 is 4.79 Å². The van der Waals surface area contributed by atoms with Gasteiger partial charge in [-0.25, -0.2) is 4.98 Å². The predicted molar refractivity (Wildman–Crippen MR) is 77.2 cm³/mol. The molecule has 1 aliphatic rings. The summed E-state index contributed by atoms with van der Waals surface area (Å²) in [6.07, 6.45) is 5.38. The molecular weight excluding hydrogens is 240 g/mol. The normalized spacial score (nSPS) is 23.2. The van der Waals surface area contributed by atoms with E-state index in [2.05, 4.69) is 29.0 Å². The largest absolute Gasteiger partial charge is 0.351 e. The zero-order chi connectivity index (χ0) is 13.8. The smallest absolute Gasteiger partial charge is 0.238 e. The Morgan fingerprint density at radius 3 is 2.63 bits per heavy atom. The number of nitrogens with zero attached hydrogens (tertiary/aromatic N) is 2. The molecule has 0 aliphatic carbocycles. The van der Waals surface area contributed by atoms with Gasteiger partial charge in [-0.2, -0.15) is 0 Å². The van der Waals surface area contributed by atoms with Crippen LogP contribution in [-0.4, -0.2) is 29.5 Å². The van der Waals surface area contributed by atoms with Crippen LogP contribution in [0.1, 0.15) is 33.1 Å². The van der Waals surface area contributed by atoms with Crippen LogP contribution in [-0.2, 0) is 4.79 Å². The maximum atomic E-state index is 11.2. The molecule has 2 atom stereocenters. The van der Waals surface area contributed by atoms with Gasteiger partial charge in [0, 0.05) is 12.1 Å². The van der Waals surface area contributed by atoms with E-state index in [1.165, 1.54) is 19.3 Å². The maximum absolute atomic E-state index is 11.2. The van der Waals surface area contributed by atoms with E-state index in [0.29, 0.717) is 17.8 Å². The van der Waals surface area contributed by atoms with Crippen molar-refractivity contribution in [3.63, 3.8) is 0 Å². The lowest BCUT2D eigenvalue weighted by molar-refractivity contribution is -0.114. The fourth-order valence-corrected chi connectivity index (χ4v) is 2.70. The first-order valence-electron chi connectivity index (χ1n) is 6.86. The Balaban J connectivity index is 2.10. The van der Waals surface area contributed by atoms with Gasteiger partial charge in [-0.3, -0.25) is 4.79 Å². The average Bonchev–Trinajstić information content (AvgIpc) is 2.40. The Morgan fingerprint density at radius 1 is 1.42 bits per heavy atom. The van der Waals surface area contributed by atoms with E-state index < -0.39 is 0 Å². The van der Waals surface area contributed by atoms with Crippen LogP contribution in [0.25, 0.3) is 0 Å². The van der Waals surface area contributed by atoms with Crippen LogP contribution in [0.5, 0.6) is 0 Å². The Kier molecular flexibility index (Phi) is 4.37. The highest BCUT2D eigenvalue weighted by Crippen LogP contribution is 2.27. The molecule has 5 nitrogen and oxygen atoms in total. The molecule has 2 unspecified atom stereocenters. The Bertz CT molecular complexity index is 422. The number of carbonyl (C=O) groups is 1. The molecule has 3 N–H and O–H groups in total. The number of hydrogen-bond donors (Lipinski definition) is 2. The van der Waals surface area contributed by atoms with E-state index in [0.717, 1.165) is 5.82 Å². The highest BCUT2D eigenvalue weighted by Gasteiger charge is 2.25. The molecule has 0 spiro atoms. The molecule has 2 rings (SSSR count). The number of pyridine rings is 1. The zero-order valence-electron chi connectivity index (χ0n) is 11.6. The average molecular weight is 262 g/mol. The molecule has 5 heteroatoms. The highest BCUT2D eigenvalue weighted by atomic mass is 16.1. The standard InChI is InChI=1S/C14H22N4O/c1-10-4-3-5-11(2)18(10)13-7-6-12(9-16-13)17-14(19)8-15/h6-7,9-11H,3-5,8,15H2,1-2H3,(H,17,19). The number of nitrogens with one attached hydrogen (secondary N) is 1. The quantitative estimate of drug-likeness (QED) is 0.870. The van der Waals surface area contributed by atoms with Crippen molar-refractivity contribution in [2.24, 2.45) is 5.73 Å². The molecule has 0 radical (unpaired) electrons. The van der Waals surface area contributed by atoms with Crippen LogP contribution < -0.4 is 16.0 Å². The van der Waals surface area contributed by atoms with E-state index in [-0.39, 0.29) is 12.5 Å². The van der Waals surface area contributed by atoms with E-state index in [9.17, 15) is 4.79 Å². The number of amides is 1. The van der Waals surface area contributed by atoms with Gasteiger partial charge in [-0.1, -0.05) is 0 Å². The molecule has 1 saturated heterocycles. The Hall–Kier alpha value is -1.62. The lowest BCUT2D eigenvalue weighted by atomic mass is 9.97. The van der Waals surface area contributed by atoms with Gasteiger partial charge in [0.2, 0.25) is 5.91 Å². The SMILES string of the molecule is CC1CCCC(C)N1c1ccc(NC(=O)CN)cn1. The van der Waals surface area contributed by atoms with Crippen molar-refractivity contribution in [1.29, 1.82) is 0 Å². The molecule has 1 aromatic heterocycles. The second-order valence-corrected chi connectivity index (χ2v) is 5.19. The molecule has 1 fully saturated rings. The van der Waals surface area contributed by atoms with Crippen LogP contribution in [0.15, 0.2) is 18.3 Å². The van der Waals surface area contributed by atoms with Crippen LogP contribution in [0.2, 0.25) is 0 Å². The van der Waals surface area contributed by atoms with Crippen molar-refractivity contribution in [3.8, 4) is 0 Å². The fraction of sp³-hybridized carbons (Fsp3) is 0.571. The van der Waals surface area contributed by atoms with Gasteiger partial charge in [-0.15, -0.1) is 0 Å². The van der Waals surface area contributed by atoms with Crippen molar-refractivity contribution in [3.05, 3.63) is 18.3 Å². The molecule has 0 bridgehead atoms. The fourth-order valence-electron chi connectivity index (χ4n) is 2.70. The molecule has 1 aliphatic heterocycles. The third-order valence-electron chi connectivity index (χ3n) is 3.68. The molecule has 19 heavy (non-hydrogen) atoms. The molecular formula is C14H22N4O. The summed E-state index contributed by atoms with van der Waals surface area (Å²) in [5, 5.41) is 2.70. The van der Waals surface area contributed by atoms with E-state index >= 15 is 0 Å². The summed E-state index contributed by atoms with van der Waals surface area (Å²) in [4.78, 5) is 18.0. The number of anilines is 2. The third kappa shape index (κ3) is 3.23. The van der Waals surface area contributed by atoms with Crippen LogP contribution >= 0.6 is 0 Å². The number of piperidine rings is 1. The van der Waals surface area contributed by atoms with E-state index in [1.807, 2.05) is 12.1 Å². The second-order valence-electron chi connectivity index (χ2n) is 5.19. The number of rotatable bonds is 3. The van der Waals surface area contributed by atoms with Gasteiger partial charge in [-0.05, 0) is 45.2 Å². The summed E-state index contributed by atoms with van der Waals surface area (Å²) in [5.41, 5.74) is 5.95. The van der Waals surface area contributed by atoms with Gasteiger partial charge >= 0.3 is 0 Å². The Morgan fingerprint density at radius 2 is 2.11 bits per heavy atom. The van der Waals surface area contributed by atoms with Gasteiger partial charge in [0.05, 0.1) is 18.4 Å². The van der Waals surface area contributed by atoms with Crippen LogP contribution in [0.4, 0.5) is 11.5 Å².